The Labute approximate surface area is 170 Å². The summed E-state index contributed by atoms with van der Waals surface area (Å²) >= 11 is 6.14. The maximum absolute atomic E-state index is 6.23. The van der Waals surface area contributed by atoms with Gasteiger partial charge in [0, 0.05) is 11.3 Å². The first kappa shape index (κ1) is 20.1. The zero-order valence-corrected chi connectivity index (χ0v) is 17.0. The molecule has 150 valence electrons. The highest BCUT2D eigenvalue weighted by Gasteiger charge is 2.20. The van der Waals surface area contributed by atoms with E-state index in [1.54, 1.807) is 26.4 Å². The van der Waals surface area contributed by atoms with E-state index in [2.05, 4.69) is 10.3 Å². The molecule has 28 heavy (non-hydrogen) atoms. The van der Waals surface area contributed by atoms with E-state index in [4.69, 9.17) is 31.5 Å². The Kier molecular flexibility index (Phi) is 6.87. The van der Waals surface area contributed by atoms with Crippen molar-refractivity contribution in [1.82, 2.24) is 0 Å². The number of aliphatic imine (C=N–C) groups is 1. The Bertz CT molecular complexity index is 836. The third kappa shape index (κ3) is 5.01. The molecule has 1 saturated carbocycles. The number of hydrogen-bond acceptors (Lipinski definition) is 4. The number of rotatable bonds is 7. The molecule has 0 aliphatic heterocycles. The molecule has 0 spiro atoms. The van der Waals surface area contributed by atoms with Gasteiger partial charge in [0.1, 0.15) is 5.75 Å². The van der Waals surface area contributed by atoms with Gasteiger partial charge in [0.25, 0.3) is 0 Å². The standard InChI is InChI=1S/C21H26ClN3O3/c1-26-18-11-10-15(12-17(18)22)25-21(23)24-13-14-6-5-9-19(27-2)20(14)28-16-7-3-4-8-16/h5-6,9-12,16H,3-4,7-8,13H2,1-2H3,(H3,23,24,25). The summed E-state index contributed by atoms with van der Waals surface area (Å²) < 4.78 is 16.9. The highest BCUT2D eigenvalue weighted by molar-refractivity contribution is 6.32. The van der Waals surface area contributed by atoms with Crippen molar-refractivity contribution in [1.29, 1.82) is 0 Å². The molecule has 0 saturated heterocycles. The van der Waals surface area contributed by atoms with E-state index >= 15 is 0 Å². The van der Waals surface area contributed by atoms with Crippen LogP contribution in [0.15, 0.2) is 41.4 Å². The average Bonchev–Trinajstić information content (AvgIpc) is 3.20. The predicted octanol–water partition coefficient (Wildman–Crippen LogP) is 4.61. The fourth-order valence-corrected chi connectivity index (χ4v) is 3.51. The summed E-state index contributed by atoms with van der Waals surface area (Å²) in [5.41, 5.74) is 7.72. The summed E-state index contributed by atoms with van der Waals surface area (Å²) in [5, 5.41) is 3.54. The molecule has 0 bridgehead atoms. The number of nitrogens with zero attached hydrogens (tertiary/aromatic N) is 1. The van der Waals surface area contributed by atoms with Crippen molar-refractivity contribution in [2.24, 2.45) is 10.7 Å². The second-order valence-electron chi connectivity index (χ2n) is 6.65. The van der Waals surface area contributed by atoms with Gasteiger partial charge in [0.05, 0.1) is 31.9 Å². The van der Waals surface area contributed by atoms with Gasteiger partial charge in [-0.25, -0.2) is 4.99 Å². The van der Waals surface area contributed by atoms with E-state index in [9.17, 15) is 0 Å². The molecule has 7 heteroatoms. The lowest BCUT2D eigenvalue weighted by Gasteiger charge is -2.18. The van der Waals surface area contributed by atoms with E-state index in [1.165, 1.54) is 12.8 Å². The molecule has 1 fully saturated rings. The molecule has 0 atom stereocenters. The lowest BCUT2D eigenvalue weighted by molar-refractivity contribution is 0.198. The molecule has 1 aliphatic carbocycles. The maximum Gasteiger partial charge on any atom is 0.193 e. The predicted molar refractivity (Wildman–Crippen MR) is 113 cm³/mol. The van der Waals surface area contributed by atoms with Crippen LogP contribution in [-0.2, 0) is 6.54 Å². The summed E-state index contributed by atoms with van der Waals surface area (Å²) in [6.07, 6.45) is 4.78. The summed E-state index contributed by atoms with van der Waals surface area (Å²) in [7, 11) is 3.22. The molecular weight excluding hydrogens is 378 g/mol. The number of halogens is 1. The molecule has 0 unspecified atom stereocenters. The molecule has 3 rings (SSSR count). The Morgan fingerprint density at radius 1 is 1.14 bits per heavy atom. The first-order chi connectivity index (χ1) is 13.6. The summed E-state index contributed by atoms with van der Waals surface area (Å²) in [5.74, 6) is 2.36. The van der Waals surface area contributed by atoms with Crippen LogP contribution in [0.2, 0.25) is 5.02 Å². The molecule has 0 heterocycles. The SMILES string of the molecule is COc1ccc(NC(N)=NCc2cccc(OC)c2OC2CCCC2)cc1Cl. The van der Waals surface area contributed by atoms with Gasteiger partial charge in [-0.15, -0.1) is 0 Å². The van der Waals surface area contributed by atoms with Gasteiger partial charge in [0.2, 0.25) is 0 Å². The summed E-state index contributed by atoms with van der Waals surface area (Å²) in [4.78, 5) is 4.45. The highest BCUT2D eigenvalue weighted by atomic mass is 35.5. The van der Waals surface area contributed by atoms with Crippen molar-refractivity contribution in [3.05, 3.63) is 47.0 Å². The van der Waals surface area contributed by atoms with Crippen LogP contribution in [0.4, 0.5) is 5.69 Å². The van der Waals surface area contributed by atoms with E-state index in [0.29, 0.717) is 23.1 Å². The van der Waals surface area contributed by atoms with Crippen LogP contribution in [0.1, 0.15) is 31.2 Å². The van der Waals surface area contributed by atoms with Gasteiger partial charge in [-0.05, 0) is 49.9 Å². The number of methoxy groups -OCH3 is 2. The molecule has 6 nitrogen and oxygen atoms in total. The van der Waals surface area contributed by atoms with Crippen LogP contribution in [0, 0.1) is 0 Å². The van der Waals surface area contributed by atoms with Gasteiger partial charge < -0.3 is 25.3 Å². The molecule has 1 aliphatic rings. The number of hydrogen-bond donors (Lipinski definition) is 2. The van der Waals surface area contributed by atoms with Gasteiger partial charge >= 0.3 is 0 Å². The third-order valence-corrected chi connectivity index (χ3v) is 5.01. The second-order valence-corrected chi connectivity index (χ2v) is 7.06. The average molecular weight is 404 g/mol. The highest BCUT2D eigenvalue weighted by Crippen LogP contribution is 2.35. The van der Waals surface area contributed by atoms with Crippen molar-refractivity contribution in [2.45, 2.75) is 38.3 Å². The molecule has 2 aromatic carbocycles. The molecule has 0 aromatic heterocycles. The van der Waals surface area contributed by atoms with Crippen LogP contribution in [-0.4, -0.2) is 26.3 Å². The Morgan fingerprint density at radius 3 is 2.57 bits per heavy atom. The van der Waals surface area contributed by atoms with Crippen molar-refractivity contribution >= 4 is 23.2 Å². The van der Waals surface area contributed by atoms with Crippen LogP contribution >= 0.6 is 11.6 Å². The zero-order valence-electron chi connectivity index (χ0n) is 16.2. The number of guanidine groups is 1. The van der Waals surface area contributed by atoms with Crippen LogP contribution in [0.3, 0.4) is 0 Å². The molecule has 2 aromatic rings. The lowest BCUT2D eigenvalue weighted by atomic mass is 10.1. The number of anilines is 1. The summed E-state index contributed by atoms with van der Waals surface area (Å²) in [6.45, 7) is 0.377. The minimum Gasteiger partial charge on any atom is -0.495 e. The van der Waals surface area contributed by atoms with Crippen molar-refractivity contribution in [3.63, 3.8) is 0 Å². The third-order valence-electron chi connectivity index (χ3n) is 4.71. The number of nitrogens with one attached hydrogen (secondary N) is 1. The van der Waals surface area contributed by atoms with Crippen molar-refractivity contribution < 1.29 is 14.2 Å². The Morgan fingerprint density at radius 2 is 1.89 bits per heavy atom. The van der Waals surface area contributed by atoms with E-state index in [-0.39, 0.29) is 12.1 Å². The quantitative estimate of drug-likeness (QED) is 0.521. The topological polar surface area (TPSA) is 78.1 Å². The van der Waals surface area contributed by atoms with Gasteiger partial charge in [-0.3, -0.25) is 0 Å². The second kappa shape index (κ2) is 9.55. The lowest BCUT2D eigenvalue weighted by Crippen LogP contribution is -2.22. The summed E-state index contributed by atoms with van der Waals surface area (Å²) in [6, 6.07) is 11.1. The molecule has 0 radical (unpaired) electrons. The van der Waals surface area contributed by atoms with E-state index < -0.39 is 0 Å². The van der Waals surface area contributed by atoms with Crippen molar-refractivity contribution in [3.8, 4) is 17.2 Å². The smallest absolute Gasteiger partial charge is 0.193 e. The number of nitrogens with two attached hydrogens (primary N) is 1. The number of benzene rings is 2. The van der Waals surface area contributed by atoms with Gasteiger partial charge in [-0.2, -0.15) is 0 Å². The van der Waals surface area contributed by atoms with Gasteiger partial charge in [-0.1, -0.05) is 23.7 Å². The van der Waals surface area contributed by atoms with E-state index in [0.717, 1.165) is 29.8 Å². The first-order valence-corrected chi connectivity index (χ1v) is 9.71. The fourth-order valence-electron chi connectivity index (χ4n) is 3.26. The van der Waals surface area contributed by atoms with E-state index in [1.807, 2.05) is 24.3 Å². The normalized spacial score (nSPS) is 14.8. The van der Waals surface area contributed by atoms with Crippen molar-refractivity contribution in [2.75, 3.05) is 19.5 Å². The van der Waals surface area contributed by atoms with Crippen LogP contribution in [0.25, 0.3) is 0 Å². The van der Waals surface area contributed by atoms with Gasteiger partial charge in [0.15, 0.2) is 17.5 Å². The fraction of sp³-hybridized carbons (Fsp3) is 0.381. The number of ether oxygens (including phenoxy) is 3. The Balaban J connectivity index is 1.72. The Hall–Kier alpha value is -2.60. The minimum atomic E-state index is 0.232. The largest absolute Gasteiger partial charge is 0.495 e. The van der Waals surface area contributed by atoms with Crippen LogP contribution < -0.4 is 25.3 Å². The number of para-hydroxylation sites is 1. The minimum absolute atomic E-state index is 0.232. The molecular formula is C21H26ClN3O3. The molecule has 3 N–H and O–H groups in total. The zero-order chi connectivity index (χ0) is 19.9. The monoisotopic (exact) mass is 403 g/mol. The first-order valence-electron chi connectivity index (χ1n) is 9.33. The van der Waals surface area contributed by atoms with Crippen LogP contribution in [0.5, 0.6) is 17.2 Å². The maximum atomic E-state index is 6.23. The molecule has 0 amide bonds.